The first-order chi connectivity index (χ1) is 8.05. The number of anilines is 1. The molecule has 1 atom stereocenters. The van der Waals surface area contributed by atoms with Crippen molar-refractivity contribution >= 4 is 17.3 Å². The highest BCUT2D eigenvalue weighted by Gasteiger charge is 2.40. The van der Waals surface area contributed by atoms with E-state index < -0.39 is 0 Å². The lowest BCUT2D eigenvalue weighted by molar-refractivity contribution is 0.349. The molecule has 0 aliphatic carbocycles. The smallest absolute Gasteiger partial charge is 0.0407 e. The Morgan fingerprint density at radius 3 is 2.59 bits per heavy atom. The number of nitrogens with zero attached hydrogens (tertiary/aromatic N) is 1. The van der Waals surface area contributed by atoms with E-state index in [1.807, 2.05) is 12.1 Å². The molecule has 2 N–H and O–H groups in total. The van der Waals surface area contributed by atoms with Gasteiger partial charge in [0, 0.05) is 22.8 Å². The molecule has 0 saturated carbocycles. The molecule has 1 fully saturated rings. The number of rotatable bonds is 3. The normalized spacial score (nSPS) is 23.1. The SMILES string of the molecule is CC1(C)C(CCN)CCN1c1ccc(Cl)cc1. The van der Waals surface area contributed by atoms with Crippen LogP contribution in [0.3, 0.4) is 0 Å². The number of halogens is 1. The third kappa shape index (κ3) is 2.43. The van der Waals surface area contributed by atoms with Gasteiger partial charge in [0.25, 0.3) is 0 Å². The van der Waals surface area contributed by atoms with Gasteiger partial charge >= 0.3 is 0 Å². The second-order valence-corrected chi connectivity index (χ2v) is 5.78. The van der Waals surface area contributed by atoms with Crippen molar-refractivity contribution in [1.82, 2.24) is 0 Å². The fourth-order valence-corrected chi connectivity index (χ4v) is 3.05. The molecule has 1 aromatic rings. The molecule has 1 saturated heterocycles. The van der Waals surface area contributed by atoms with E-state index in [1.54, 1.807) is 0 Å². The number of hydrogen-bond donors (Lipinski definition) is 1. The van der Waals surface area contributed by atoms with Crippen LogP contribution >= 0.6 is 11.6 Å². The minimum absolute atomic E-state index is 0.188. The number of benzene rings is 1. The first kappa shape index (κ1) is 12.7. The van der Waals surface area contributed by atoms with E-state index in [-0.39, 0.29) is 5.54 Å². The molecule has 2 rings (SSSR count). The standard InChI is InChI=1S/C14H21ClN2/c1-14(2)11(7-9-16)8-10-17(14)13-5-3-12(15)4-6-13/h3-6,11H,7-10,16H2,1-2H3. The Morgan fingerprint density at radius 1 is 1.35 bits per heavy atom. The molecule has 1 unspecified atom stereocenters. The second-order valence-electron chi connectivity index (χ2n) is 5.34. The molecule has 0 radical (unpaired) electrons. The van der Waals surface area contributed by atoms with Crippen LogP contribution in [0.25, 0.3) is 0 Å². The summed E-state index contributed by atoms with van der Waals surface area (Å²) in [6.07, 6.45) is 2.34. The molecule has 94 valence electrons. The van der Waals surface area contributed by atoms with Crippen molar-refractivity contribution < 1.29 is 0 Å². The monoisotopic (exact) mass is 252 g/mol. The maximum Gasteiger partial charge on any atom is 0.0407 e. The minimum atomic E-state index is 0.188. The molecule has 1 aliphatic heterocycles. The molecule has 1 aromatic carbocycles. The summed E-state index contributed by atoms with van der Waals surface area (Å²) in [4.78, 5) is 2.48. The Kier molecular flexibility index (Phi) is 3.64. The average molecular weight is 253 g/mol. The van der Waals surface area contributed by atoms with Crippen molar-refractivity contribution in [3.05, 3.63) is 29.3 Å². The molecule has 0 amide bonds. The molecule has 0 spiro atoms. The maximum atomic E-state index is 5.93. The van der Waals surface area contributed by atoms with Crippen molar-refractivity contribution in [1.29, 1.82) is 0 Å². The summed E-state index contributed by atoms with van der Waals surface area (Å²) < 4.78 is 0. The van der Waals surface area contributed by atoms with Crippen molar-refractivity contribution in [3.8, 4) is 0 Å². The van der Waals surface area contributed by atoms with Gasteiger partial charge in [-0.1, -0.05) is 11.6 Å². The van der Waals surface area contributed by atoms with E-state index in [0.717, 1.165) is 24.5 Å². The van der Waals surface area contributed by atoms with Crippen molar-refractivity contribution in [3.63, 3.8) is 0 Å². The van der Waals surface area contributed by atoms with Crippen LogP contribution in [0, 0.1) is 5.92 Å². The number of nitrogens with two attached hydrogens (primary N) is 1. The van der Waals surface area contributed by atoms with E-state index in [2.05, 4.69) is 30.9 Å². The summed E-state index contributed by atoms with van der Waals surface area (Å²) >= 11 is 5.93. The summed E-state index contributed by atoms with van der Waals surface area (Å²) in [6.45, 7) is 6.52. The van der Waals surface area contributed by atoms with Crippen LogP contribution < -0.4 is 10.6 Å². The van der Waals surface area contributed by atoms with Gasteiger partial charge in [0.15, 0.2) is 0 Å². The quantitative estimate of drug-likeness (QED) is 0.895. The molecule has 3 heteroatoms. The van der Waals surface area contributed by atoms with Gasteiger partial charge < -0.3 is 10.6 Å². The second kappa shape index (κ2) is 4.87. The zero-order valence-electron chi connectivity index (χ0n) is 10.6. The maximum absolute atomic E-state index is 5.93. The minimum Gasteiger partial charge on any atom is -0.366 e. The summed E-state index contributed by atoms with van der Waals surface area (Å²) in [5, 5.41) is 0.796. The third-order valence-corrected chi connectivity index (χ3v) is 4.30. The van der Waals surface area contributed by atoms with Crippen molar-refractivity contribution in [2.75, 3.05) is 18.0 Å². The Labute approximate surface area is 109 Å². The van der Waals surface area contributed by atoms with Crippen LogP contribution in [-0.2, 0) is 0 Å². The van der Waals surface area contributed by atoms with Crippen LogP contribution in [0.2, 0.25) is 5.02 Å². The lowest BCUT2D eigenvalue weighted by Crippen LogP contribution is -2.43. The van der Waals surface area contributed by atoms with Crippen molar-refractivity contribution in [2.45, 2.75) is 32.2 Å². The lowest BCUT2D eigenvalue weighted by atomic mass is 9.85. The number of hydrogen-bond acceptors (Lipinski definition) is 2. The van der Waals surface area contributed by atoms with Crippen molar-refractivity contribution in [2.24, 2.45) is 11.7 Å². The lowest BCUT2D eigenvalue weighted by Gasteiger charge is -2.37. The highest BCUT2D eigenvalue weighted by Crippen LogP contribution is 2.39. The van der Waals surface area contributed by atoms with E-state index >= 15 is 0 Å². The zero-order chi connectivity index (χ0) is 12.5. The fraction of sp³-hybridized carbons (Fsp3) is 0.571. The average Bonchev–Trinajstić information content (AvgIpc) is 2.57. The topological polar surface area (TPSA) is 29.3 Å². The Morgan fingerprint density at radius 2 is 2.00 bits per heavy atom. The Balaban J connectivity index is 2.20. The summed E-state index contributed by atoms with van der Waals surface area (Å²) in [5.74, 6) is 0.683. The molecular formula is C14H21ClN2. The van der Waals surface area contributed by atoms with Gasteiger partial charge in [-0.2, -0.15) is 0 Å². The van der Waals surface area contributed by atoms with Gasteiger partial charge in [0.2, 0.25) is 0 Å². The molecule has 1 heterocycles. The first-order valence-corrected chi connectivity index (χ1v) is 6.67. The largest absolute Gasteiger partial charge is 0.366 e. The van der Waals surface area contributed by atoms with E-state index in [9.17, 15) is 0 Å². The molecule has 0 aromatic heterocycles. The van der Waals surface area contributed by atoms with Gasteiger partial charge in [-0.3, -0.25) is 0 Å². The molecule has 2 nitrogen and oxygen atoms in total. The zero-order valence-corrected chi connectivity index (χ0v) is 11.4. The van der Waals surface area contributed by atoms with Crippen LogP contribution in [0.5, 0.6) is 0 Å². The van der Waals surface area contributed by atoms with Crippen LogP contribution in [0.4, 0.5) is 5.69 Å². The predicted octanol–water partition coefficient (Wildman–Crippen LogP) is 3.29. The van der Waals surface area contributed by atoms with Gasteiger partial charge in [-0.05, 0) is 63.4 Å². The highest BCUT2D eigenvalue weighted by atomic mass is 35.5. The fourth-order valence-electron chi connectivity index (χ4n) is 2.93. The molecule has 0 bridgehead atoms. The first-order valence-electron chi connectivity index (χ1n) is 6.29. The Hall–Kier alpha value is -0.730. The molecule has 17 heavy (non-hydrogen) atoms. The molecular weight excluding hydrogens is 232 g/mol. The van der Waals surface area contributed by atoms with E-state index in [0.29, 0.717) is 5.92 Å². The Bertz CT molecular complexity index is 372. The molecule has 1 aliphatic rings. The van der Waals surface area contributed by atoms with Gasteiger partial charge in [-0.15, -0.1) is 0 Å². The van der Waals surface area contributed by atoms with Crippen LogP contribution in [0.1, 0.15) is 26.7 Å². The summed E-state index contributed by atoms with van der Waals surface area (Å²) in [6, 6.07) is 8.14. The highest BCUT2D eigenvalue weighted by molar-refractivity contribution is 6.30. The van der Waals surface area contributed by atoms with E-state index in [4.69, 9.17) is 17.3 Å². The predicted molar refractivity (Wildman–Crippen MR) is 74.7 cm³/mol. The van der Waals surface area contributed by atoms with Gasteiger partial charge in [0.05, 0.1) is 0 Å². The van der Waals surface area contributed by atoms with Gasteiger partial charge in [-0.25, -0.2) is 0 Å². The van der Waals surface area contributed by atoms with E-state index in [1.165, 1.54) is 12.1 Å². The van der Waals surface area contributed by atoms with Crippen LogP contribution in [0.15, 0.2) is 24.3 Å². The van der Waals surface area contributed by atoms with Gasteiger partial charge in [0.1, 0.15) is 0 Å². The van der Waals surface area contributed by atoms with Crippen LogP contribution in [-0.4, -0.2) is 18.6 Å². The third-order valence-electron chi connectivity index (χ3n) is 4.05. The summed E-state index contributed by atoms with van der Waals surface area (Å²) in [5.41, 5.74) is 7.15. The summed E-state index contributed by atoms with van der Waals surface area (Å²) in [7, 11) is 0.